The Morgan fingerprint density at radius 1 is 1.14 bits per heavy atom. The normalized spacial score (nSPS) is 14.5. The molecule has 2 N–H and O–H groups in total. The van der Waals surface area contributed by atoms with Crippen LogP contribution in [0.4, 0.5) is 10.1 Å². The minimum absolute atomic E-state index is 0.239. The van der Waals surface area contributed by atoms with Crippen molar-refractivity contribution in [1.82, 2.24) is 20.1 Å². The minimum Gasteiger partial charge on any atom is -0.354 e. The van der Waals surface area contributed by atoms with E-state index >= 15 is 0 Å². The van der Waals surface area contributed by atoms with E-state index < -0.39 is 0 Å². The number of allylic oxidation sites excluding steroid dienone is 5. The van der Waals surface area contributed by atoms with Gasteiger partial charge in [-0.1, -0.05) is 43.5 Å². The molecule has 1 aliphatic rings. The fourth-order valence-corrected chi connectivity index (χ4v) is 5.75. The molecular formula is C36H40FN5. The molecule has 0 bridgehead atoms. The zero-order valence-electron chi connectivity index (χ0n) is 24.9. The number of nitrogens with one attached hydrogen (secondary N) is 2. The Kier molecular flexibility index (Phi) is 9.13. The van der Waals surface area contributed by atoms with Crippen LogP contribution in [0.25, 0.3) is 33.3 Å². The van der Waals surface area contributed by atoms with E-state index in [0.29, 0.717) is 5.70 Å². The molecule has 6 heteroatoms. The summed E-state index contributed by atoms with van der Waals surface area (Å²) >= 11 is 0. The number of anilines is 1. The molecule has 216 valence electrons. The zero-order chi connectivity index (χ0) is 29.6. The molecule has 1 fully saturated rings. The van der Waals surface area contributed by atoms with E-state index in [9.17, 15) is 4.39 Å². The Bertz CT molecular complexity index is 1650. The molecule has 5 nitrogen and oxygen atoms in total. The Hall–Kier alpha value is -4.29. The summed E-state index contributed by atoms with van der Waals surface area (Å²) in [5.41, 5.74) is 9.98. The summed E-state index contributed by atoms with van der Waals surface area (Å²) in [6, 6.07) is 13.2. The average molecular weight is 562 g/mol. The minimum atomic E-state index is -0.239. The van der Waals surface area contributed by atoms with Gasteiger partial charge in [0.15, 0.2) is 0 Å². The predicted octanol–water partition coefficient (Wildman–Crippen LogP) is 8.86. The Labute approximate surface area is 248 Å². The largest absolute Gasteiger partial charge is 0.354 e. The summed E-state index contributed by atoms with van der Waals surface area (Å²) in [5, 5.41) is 12.1. The van der Waals surface area contributed by atoms with Crippen molar-refractivity contribution in [1.29, 1.82) is 0 Å². The molecule has 0 aliphatic carbocycles. The molecule has 0 spiro atoms. The molecule has 5 rings (SSSR count). The summed E-state index contributed by atoms with van der Waals surface area (Å²) in [6.45, 7) is 17.9. The molecule has 0 atom stereocenters. The number of rotatable bonds is 11. The number of benzene rings is 2. The van der Waals surface area contributed by atoms with Crippen LogP contribution >= 0.6 is 0 Å². The van der Waals surface area contributed by atoms with Crippen molar-refractivity contribution in [2.24, 2.45) is 0 Å². The number of fused-ring (bicyclic) bond motifs is 1. The van der Waals surface area contributed by atoms with Crippen LogP contribution in [0.15, 0.2) is 85.6 Å². The molecule has 42 heavy (non-hydrogen) atoms. The third kappa shape index (κ3) is 6.60. The van der Waals surface area contributed by atoms with Crippen molar-refractivity contribution < 1.29 is 4.39 Å². The molecule has 0 unspecified atom stereocenters. The van der Waals surface area contributed by atoms with Crippen LogP contribution in [0.3, 0.4) is 0 Å². The third-order valence-corrected chi connectivity index (χ3v) is 8.05. The van der Waals surface area contributed by atoms with Gasteiger partial charge in [0.05, 0.1) is 23.1 Å². The van der Waals surface area contributed by atoms with Gasteiger partial charge >= 0.3 is 0 Å². The quantitative estimate of drug-likeness (QED) is 0.180. The maximum Gasteiger partial charge on any atom is 0.124 e. The summed E-state index contributed by atoms with van der Waals surface area (Å²) < 4.78 is 14.1. The standard InChI is InChI=1S/C36H40FN5/c1-6-27(12-11-17-42-15-8-9-16-42)20-28(7-2)34-22-32-35(23-38-34)40-41-36(32)26(5)39-33-14-10-13-31(25(33)4)29-18-24(3)19-30(37)21-29/h6-7,10,13-14,18-23,39H,1,5,8-9,11-12,15-17H2,2-4H3,(H,40,41)/b27-20+,28-7+. The Morgan fingerprint density at radius 3 is 2.69 bits per heavy atom. The van der Waals surface area contributed by atoms with Crippen LogP contribution in [0.1, 0.15) is 55.1 Å². The van der Waals surface area contributed by atoms with Crippen molar-refractivity contribution in [3.05, 3.63) is 114 Å². The second-order valence-corrected chi connectivity index (χ2v) is 11.1. The number of pyridine rings is 1. The monoisotopic (exact) mass is 561 g/mol. The Balaban J connectivity index is 1.36. The van der Waals surface area contributed by atoms with E-state index in [1.807, 2.05) is 57.3 Å². The van der Waals surface area contributed by atoms with Gasteiger partial charge in [0.2, 0.25) is 0 Å². The number of likely N-dealkylation sites (tertiary alicyclic amines) is 1. The first-order chi connectivity index (χ1) is 20.4. The number of halogens is 1. The van der Waals surface area contributed by atoms with Gasteiger partial charge in [-0.3, -0.25) is 10.1 Å². The van der Waals surface area contributed by atoms with Gasteiger partial charge < -0.3 is 10.2 Å². The van der Waals surface area contributed by atoms with Gasteiger partial charge in [-0.25, -0.2) is 4.39 Å². The highest BCUT2D eigenvalue weighted by atomic mass is 19.1. The first-order valence-corrected chi connectivity index (χ1v) is 14.8. The van der Waals surface area contributed by atoms with Crippen molar-refractivity contribution >= 4 is 27.9 Å². The van der Waals surface area contributed by atoms with Crippen LogP contribution in [-0.4, -0.2) is 39.7 Å². The van der Waals surface area contributed by atoms with E-state index in [0.717, 1.165) is 75.2 Å². The predicted molar refractivity (Wildman–Crippen MR) is 175 cm³/mol. The lowest BCUT2D eigenvalue weighted by Gasteiger charge is -2.15. The Morgan fingerprint density at radius 2 is 1.95 bits per heavy atom. The summed E-state index contributed by atoms with van der Waals surface area (Å²) in [7, 11) is 0. The van der Waals surface area contributed by atoms with Crippen LogP contribution in [0.2, 0.25) is 0 Å². The van der Waals surface area contributed by atoms with E-state index in [2.05, 4.69) is 51.8 Å². The molecule has 2 aromatic heterocycles. The number of aryl methyl sites for hydroxylation is 1. The third-order valence-electron chi connectivity index (χ3n) is 8.05. The number of hydrogen-bond acceptors (Lipinski definition) is 4. The number of aromatic nitrogens is 3. The zero-order valence-corrected chi connectivity index (χ0v) is 24.9. The molecule has 0 radical (unpaired) electrons. The van der Waals surface area contributed by atoms with E-state index in [4.69, 9.17) is 4.98 Å². The second-order valence-electron chi connectivity index (χ2n) is 11.1. The van der Waals surface area contributed by atoms with Gasteiger partial charge in [-0.2, -0.15) is 5.10 Å². The van der Waals surface area contributed by atoms with Gasteiger partial charge in [0.1, 0.15) is 11.5 Å². The SMILES string of the molecule is C=C/C(=C\C(=C/C)c1cc2c(C(=C)Nc3cccc(-c4cc(C)cc(F)c4)c3C)n[nH]c2cn1)CCCN1CCCC1. The van der Waals surface area contributed by atoms with Crippen LogP contribution in [-0.2, 0) is 0 Å². The maximum atomic E-state index is 14.1. The number of nitrogens with zero attached hydrogens (tertiary/aromatic N) is 3. The molecule has 0 saturated carbocycles. The molecule has 1 saturated heterocycles. The smallest absolute Gasteiger partial charge is 0.124 e. The lowest BCUT2D eigenvalue weighted by molar-refractivity contribution is 0.334. The molecular weight excluding hydrogens is 521 g/mol. The molecule has 4 aromatic rings. The molecule has 1 aliphatic heterocycles. The lowest BCUT2D eigenvalue weighted by atomic mass is 9.97. The topological polar surface area (TPSA) is 56.8 Å². The maximum absolute atomic E-state index is 14.1. The number of aromatic amines is 1. The first-order valence-electron chi connectivity index (χ1n) is 14.8. The molecule has 3 heterocycles. The lowest BCUT2D eigenvalue weighted by Crippen LogP contribution is -2.20. The summed E-state index contributed by atoms with van der Waals surface area (Å²) in [5.74, 6) is -0.239. The van der Waals surface area contributed by atoms with E-state index in [-0.39, 0.29) is 5.82 Å². The van der Waals surface area contributed by atoms with Crippen molar-refractivity contribution in [2.75, 3.05) is 25.0 Å². The fraction of sp³-hybridized carbons (Fsp3) is 0.278. The molecule has 0 amide bonds. The number of hydrogen-bond donors (Lipinski definition) is 2. The second kappa shape index (κ2) is 13.1. The van der Waals surface area contributed by atoms with Gasteiger partial charge in [-0.05, 0) is 130 Å². The van der Waals surface area contributed by atoms with Crippen molar-refractivity contribution in [2.45, 2.75) is 46.5 Å². The molecule has 2 aromatic carbocycles. The first kappa shape index (κ1) is 29.2. The number of H-pyrrole nitrogens is 1. The van der Waals surface area contributed by atoms with Gasteiger partial charge in [0, 0.05) is 11.1 Å². The van der Waals surface area contributed by atoms with E-state index in [1.54, 1.807) is 6.07 Å². The van der Waals surface area contributed by atoms with Crippen LogP contribution in [0.5, 0.6) is 0 Å². The fourth-order valence-electron chi connectivity index (χ4n) is 5.75. The highest BCUT2D eigenvalue weighted by molar-refractivity contribution is 5.94. The van der Waals surface area contributed by atoms with Crippen LogP contribution < -0.4 is 5.32 Å². The highest BCUT2D eigenvalue weighted by Gasteiger charge is 2.15. The van der Waals surface area contributed by atoms with Crippen LogP contribution in [0, 0.1) is 19.7 Å². The van der Waals surface area contributed by atoms with Gasteiger partial charge in [-0.15, -0.1) is 0 Å². The average Bonchev–Trinajstić information content (AvgIpc) is 3.65. The summed E-state index contributed by atoms with van der Waals surface area (Å²) in [6.07, 6.45) is 12.8. The van der Waals surface area contributed by atoms with Crippen molar-refractivity contribution in [3.63, 3.8) is 0 Å². The van der Waals surface area contributed by atoms with Gasteiger partial charge in [0.25, 0.3) is 0 Å². The van der Waals surface area contributed by atoms with Crippen molar-refractivity contribution in [3.8, 4) is 11.1 Å². The highest BCUT2D eigenvalue weighted by Crippen LogP contribution is 2.32. The summed E-state index contributed by atoms with van der Waals surface area (Å²) in [4.78, 5) is 7.28. The van der Waals surface area contributed by atoms with E-state index in [1.165, 1.54) is 37.6 Å².